The van der Waals surface area contributed by atoms with E-state index >= 15 is 0 Å². The summed E-state index contributed by atoms with van der Waals surface area (Å²) in [5.41, 5.74) is 0.729. The molecule has 0 saturated carbocycles. The zero-order chi connectivity index (χ0) is 11.7. The first-order valence-electron chi connectivity index (χ1n) is 5.92. The number of rotatable bonds is 0. The molecule has 2 fully saturated rings. The van der Waals surface area contributed by atoms with Gasteiger partial charge in [-0.25, -0.2) is 0 Å². The lowest BCUT2D eigenvalue weighted by atomic mass is 9.74. The summed E-state index contributed by atoms with van der Waals surface area (Å²) in [5, 5.41) is 10.7. The highest BCUT2D eigenvalue weighted by Gasteiger charge is 2.38. The normalized spacial score (nSPS) is 22.3. The van der Waals surface area contributed by atoms with Gasteiger partial charge in [0.1, 0.15) is 0 Å². The summed E-state index contributed by atoms with van der Waals surface area (Å²) in [6.45, 7) is 10.6. The number of likely N-dealkylation sites (tertiary alicyclic amines) is 1. The molecule has 0 amide bonds. The fourth-order valence-electron chi connectivity index (χ4n) is 1.92. The number of nitrogens with one attached hydrogen (secondary N) is 1. The second-order valence-electron chi connectivity index (χ2n) is 4.13. The average Bonchev–Trinajstić information content (AvgIpc) is 2.21. The van der Waals surface area contributed by atoms with E-state index < -0.39 is 0 Å². The van der Waals surface area contributed by atoms with Gasteiger partial charge in [-0.05, 0) is 38.4 Å². The summed E-state index contributed by atoms with van der Waals surface area (Å²) < 4.78 is 0. The maximum atomic E-state index is 7.32. The molecule has 2 saturated heterocycles. The van der Waals surface area contributed by atoms with Crippen molar-refractivity contribution in [2.45, 2.75) is 33.6 Å². The average molecular weight is 211 g/mol. The largest absolute Gasteiger partial charge is 0.316 e. The highest BCUT2D eigenvalue weighted by atomic mass is 15.1. The van der Waals surface area contributed by atoms with E-state index in [1.54, 1.807) is 6.07 Å². The molecule has 0 radical (unpaired) electrons. The second-order valence-corrected chi connectivity index (χ2v) is 4.13. The minimum Gasteiger partial charge on any atom is -0.316 e. The first-order valence-corrected chi connectivity index (χ1v) is 5.92. The second kappa shape index (κ2) is 7.67. The number of nitriles is 1. The molecule has 2 aliphatic heterocycles. The summed E-state index contributed by atoms with van der Waals surface area (Å²) in [6, 6.07) is 1.75. The lowest BCUT2D eigenvalue weighted by Crippen LogP contribution is -2.57. The molecule has 0 bridgehead atoms. The topological polar surface area (TPSA) is 39.1 Å². The molecule has 0 aromatic carbocycles. The van der Waals surface area contributed by atoms with E-state index in [1.807, 2.05) is 13.8 Å². The van der Waals surface area contributed by atoms with Gasteiger partial charge in [-0.2, -0.15) is 5.26 Å². The lowest BCUT2D eigenvalue weighted by molar-refractivity contribution is 0.0671. The van der Waals surface area contributed by atoms with Crippen LogP contribution in [0.2, 0.25) is 0 Å². The molecule has 3 nitrogen and oxygen atoms in total. The number of hydrogen-bond donors (Lipinski definition) is 1. The summed E-state index contributed by atoms with van der Waals surface area (Å²) in [4.78, 5) is 2.43. The summed E-state index contributed by atoms with van der Waals surface area (Å²) >= 11 is 0. The molecule has 1 N–H and O–H groups in total. The predicted octanol–water partition coefficient (Wildman–Crippen LogP) is 1.86. The van der Waals surface area contributed by atoms with Gasteiger partial charge in [0.25, 0.3) is 0 Å². The Hall–Kier alpha value is -0.590. The highest BCUT2D eigenvalue weighted by molar-refractivity contribution is 4.95. The van der Waals surface area contributed by atoms with Crippen LogP contribution in [0.1, 0.15) is 33.6 Å². The van der Waals surface area contributed by atoms with Gasteiger partial charge >= 0.3 is 0 Å². The van der Waals surface area contributed by atoms with Gasteiger partial charge in [-0.1, -0.05) is 13.8 Å². The van der Waals surface area contributed by atoms with Crippen LogP contribution in [0.5, 0.6) is 0 Å². The molecule has 0 aromatic heterocycles. The molecule has 2 rings (SSSR count). The Morgan fingerprint density at radius 3 is 1.87 bits per heavy atom. The molecule has 2 aliphatic rings. The van der Waals surface area contributed by atoms with E-state index in [9.17, 15) is 0 Å². The van der Waals surface area contributed by atoms with Crippen molar-refractivity contribution in [3.8, 4) is 6.07 Å². The fraction of sp³-hybridized carbons (Fsp3) is 0.917. The molecule has 1 spiro atoms. The third-order valence-corrected chi connectivity index (χ3v) is 3.05. The van der Waals surface area contributed by atoms with Crippen molar-refractivity contribution >= 4 is 0 Å². The lowest BCUT2D eigenvalue weighted by Gasteiger charge is -2.47. The Bertz CT molecular complexity index is 182. The number of nitrogens with zero attached hydrogens (tertiary/aromatic N) is 2. The van der Waals surface area contributed by atoms with Crippen LogP contribution in [0.25, 0.3) is 0 Å². The van der Waals surface area contributed by atoms with Crippen molar-refractivity contribution < 1.29 is 0 Å². The Kier molecular flexibility index (Phi) is 7.37. The quantitative estimate of drug-likeness (QED) is 0.664. The Morgan fingerprint density at radius 1 is 1.20 bits per heavy atom. The van der Waals surface area contributed by atoms with E-state index in [4.69, 9.17) is 5.26 Å². The van der Waals surface area contributed by atoms with Gasteiger partial charge in [0.15, 0.2) is 0 Å². The highest BCUT2D eigenvalue weighted by Crippen LogP contribution is 2.34. The molecule has 3 heteroatoms. The maximum absolute atomic E-state index is 7.32. The first kappa shape index (κ1) is 14.4. The zero-order valence-electron chi connectivity index (χ0n) is 10.6. The van der Waals surface area contributed by atoms with E-state index in [-0.39, 0.29) is 0 Å². The van der Waals surface area contributed by atoms with E-state index in [0.717, 1.165) is 5.41 Å². The van der Waals surface area contributed by atoms with Crippen LogP contribution in [-0.2, 0) is 0 Å². The van der Waals surface area contributed by atoms with Crippen LogP contribution in [0.15, 0.2) is 0 Å². The van der Waals surface area contributed by atoms with E-state index in [0.29, 0.717) is 0 Å². The minimum absolute atomic E-state index is 0.729. The third-order valence-electron chi connectivity index (χ3n) is 3.05. The van der Waals surface area contributed by atoms with Crippen molar-refractivity contribution in [1.82, 2.24) is 10.2 Å². The fourth-order valence-corrected chi connectivity index (χ4v) is 1.92. The summed E-state index contributed by atoms with van der Waals surface area (Å²) in [5.74, 6) is 0. The van der Waals surface area contributed by atoms with Crippen LogP contribution < -0.4 is 5.32 Å². The van der Waals surface area contributed by atoms with Crippen molar-refractivity contribution in [1.29, 1.82) is 5.26 Å². The molecule has 0 atom stereocenters. The third kappa shape index (κ3) is 4.63. The molecule has 0 aliphatic carbocycles. The van der Waals surface area contributed by atoms with Crippen LogP contribution >= 0.6 is 0 Å². The summed E-state index contributed by atoms with van der Waals surface area (Å²) in [7, 11) is 2.22. The van der Waals surface area contributed by atoms with Gasteiger partial charge in [0.2, 0.25) is 0 Å². The molecule has 2 heterocycles. The van der Waals surface area contributed by atoms with Crippen molar-refractivity contribution in [3.63, 3.8) is 0 Å². The zero-order valence-corrected chi connectivity index (χ0v) is 10.6. The first-order chi connectivity index (χ1) is 7.22. The molecule has 0 aromatic rings. The Balaban J connectivity index is 0.000000342. The van der Waals surface area contributed by atoms with Gasteiger partial charge in [-0.3, -0.25) is 0 Å². The van der Waals surface area contributed by atoms with Crippen LogP contribution in [-0.4, -0.2) is 38.1 Å². The van der Waals surface area contributed by atoms with Crippen molar-refractivity contribution in [2.75, 3.05) is 33.2 Å². The number of hydrogen-bond acceptors (Lipinski definition) is 3. The standard InChI is InChI=1S/C8H16N2.C2H3N.C2H6/c1-10-4-2-8(3-5-10)6-9-7-8;1-2-3;1-2/h9H,2-7H2,1H3;1H3;1-2H3. The van der Waals surface area contributed by atoms with Crippen LogP contribution in [0.3, 0.4) is 0 Å². The number of piperidine rings is 1. The van der Waals surface area contributed by atoms with Crippen LogP contribution in [0.4, 0.5) is 0 Å². The molecular formula is C12H25N3. The molecular weight excluding hydrogens is 186 g/mol. The smallest absolute Gasteiger partial charge is 0.0587 e. The summed E-state index contributed by atoms with van der Waals surface area (Å²) in [6.07, 6.45) is 2.83. The Morgan fingerprint density at radius 2 is 1.60 bits per heavy atom. The Labute approximate surface area is 94.5 Å². The molecule has 0 unspecified atom stereocenters. The SMILES string of the molecule is CC.CC#N.CN1CCC2(CC1)CNC2. The van der Waals surface area contributed by atoms with Crippen LogP contribution in [0, 0.1) is 16.7 Å². The van der Waals surface area contributed by atoms with Gasteiger partial charge in [0, 0.05) is 20.0 Å². The van der Waals surface area contributed by atoms with E-state index in [1.165, 1.54) is 45.9 Å². The predicted molar refractivity (Wildman–Crippen MR) is 64.7 cm³/mol. The molecule has 15 heavy (non-hydrogen) atoms. The van der Waals surface area contributed by atoms with Crippen molar-refractivity contribution in [2.24, 2.45) is 5.41 Å². The van der Waals surface area contributed by atoms with E-state index in [2.05, 4.69) is 17.3 Å². The van der Waals surface area contributed by atoms with Gasteiger partial charge < -0.3 is 10.2 Å². The van der Waals surface area contributed by atoms with Crippen molar-refractivity contribution in [3.05, 3.63) is 0 Å². The maximum Gasteiger partial charge on any atom is 0.0587 e. The molecule has 88 valence electrons. The van der Waals surface area contributed by atoms with Gasteiger partial charge in [-0.15, -0.1) is 0 Å². The van der Waals surface area contributed by atoms with Gasteiger partial charge in [0.05, 0.1) is 6.07 Å². The monoisotopic (exact) mass is 211 g/mol. The minimum atomic E-state index is 0.729.